The van der Waals surface area contributed by atoms with Crippen LogP contribution in [0, 0.1) is 0 Å². The summed E-state index contributed by atoms with van der Waals surface area (Å²) in [5.41, 5.74) is 0.504. The van der Waals surface area contributed by atoms with E-state index in [0.29, 0.717) is 15.1 Å². The Kier molecular flexibility index (Phi) is 5.15. The molecule has 0 aliphatic carbocycles. The van der Waals surface area contributed by atoms with Crippen LogP contribution in [0.5, 0.6) is 0 Å². The lowest BCUT2D eigenvalue weighted by Crippen LogP contribution is -2.38. The second-order valence-electron chi connectivity index (χ2n) is 3.67. The molecule has 0 saturated carbocycles. The van der Waals surface area contributed by atoms with Crippen LogP contribution in [0.3, 0.4) is 0 Å². The number of nitrogens with one attached hydrogen (secondary N) is 1. The van der Waals surface area contributed by atoms with E-state index >= 15 is 0 Å². The van der Waals surface area contributed by atoms with Gasteiger partial charge in [-0.25, -0.2) is 13.1 Å². The molecule has 0 aliphatic heterocycles. The van der Waals surface area contributed by atoms with Gasteiger partial charge in [0.25, 0.3) is 0 Å². The van der Waals surface area contributed by atoms with Gasteiger partial charge in [0.05, 0.1) is 5.75 Å². The van der Waals surface area contributed by atoms with Crippen molar-refractivity contribution in [2.75, 3.05) is 0 Å². The number of carbonyl (C=O) groups is 1. The van der Waals surface area contributed by atoms with E-state index in [9.17, 15) is 13.2 Å². The summed E-state index contributed by atoms with van der Waals surface area (Å²) < 4.78 is 26.1. The molecule has 0 aromatic heterocycles. The lowest BCUT2D eigenvalue weighted by atomic mass is 10.2. The highest BCUT2D eigenvalue weighted by Crippen LogP contribution is 2.23. The first kappa shape index (κ1) is 15.4. The number of rotatable bonds is 5. The van der Waals surface area contributed by atoms with Crippen molar-refractivity contribution in [2.24, 2.45) is 0 Å². The van der Waals surface area contributed by atoms with E-state index in [0.717, 1.165) is 0 Å². The third-order valence-corrected chi connectivity index (χ3v) is 4.46. The molecule has 0 bridgehead atoms. The molecule has 0 unspecified atom stereocenters. The summed E-state index contributed by atoms with van der Waals surface area (Å²) in [6.45, 7) is 1.26. The van der Waals surface area contributed by atoms with Gasteiger partial charge >= 0.3 is 5.97 Å². The van der Waals surface area contributed by atoms with Gasteiger partial charge in [-0.1, -0.05) is 33.6 Å². The minimum absolute atomic E-state index is 0.317. The summed E-state index contributed by atoms with van der Waals surface area (Å²) in [5.74, 6) is -1.55. The zero-order chi connectivity index (χ0) is 13.9. The lowest BCUT2D eigenvalue weighted by Gasteiger charge is -2.11. The minimum atomic E-state index is -3.72. The van der Waals surface area contributed by atoms with E-state index in [1.807, 2.05) is 0 Å². The number of halogens is 2. The van der Waals surface area contributed by atoms with E-state index in [4.69, 9.17) is 16.7 Å². The molecule has 0 saturated heterocycles. The maximum atomic E-state index is 11.7. The summed E-state index contributed by atoms with van der Waals surface area (Å²) in [6.07, 6.45) is 0. The molecule has 1 rings (SSSR count). The molecule has 1 aromatic carbocycles. The molecular formula is C10H11BrClNO4S. The third-order valence-electron chi connectivity index (χ3n) is 2.09. The monoisotopic (exact) mass is 355 g/mol. The number of hydrogen-bond acceptors (Lipinski definition) is 3. The van der Waals surface area contributed by atoms with Crippen molar-refractivity contribution in [3.63, 3.8) is 0 Å². The molecule has 5 nitrogen and oxygen atoms in total. The zero-order valence-electron chi connectivity index (χ0n) is 9.35. The second kappa shape index (κ2) is 6.01. The van der Waals surface area contributed by atoms with Crippen molar-refractivity contribution in [1.82, 2.24) is 4.72 Å². The van der Waals surface area contributed by atoms with E-state index in [1.165, 1.54) is 6.92 Å². The number of carboxylic acid groups (broad SMARTS) is 1. The average Bonchev–Trinajstić information content (AvgIpc) is 2.21. The lowest BCUT2D eigenvalue weighted by molar-refractivity contribution is -0.138. The zero-order valence-corrected chi connectivity index (χ0v) is 12.5. The molecule has 1 atom stereocenters. The Balaban J connectivity index is 2.86. The third kappa shape index (κ3) is 4.56. The van der Waals surface area contributed by atoms with Gasteiger partial charge in [-0.05, 0) is 24.6 Å². The summed E-state index contributed by atoms with van der Waals surface area (Å²) >= 11 is 8.94. The van der Waals surface area contributed by atoms with Crippen LogP contribution < -0.4 is 4.72 Å². The maximum Gasteiger partial charge on any atom is 0.321 e. The fourth-order valence-corrected chi connectivity index (χ4v) is 3.60. The average molecular weight is 357 g/mol. The molecule has 0 fully saturated rings. The topological polar surface area (TPSA) is 83.5 Å². The van der Waals surface area contributed by atoms with Crippen LogP contribution in [0.4, 0.5) is 0 Å². The Morgan fingerprint density at radius 1 is 1.56 bits per heavy atom. The Labute approximate surface area is 118 Å². The molecule has 0 amide bonds. The molecule has 1 aromatic rings. The van der Waals surface area contributed by atoms with Gasteiger partial charge < -0.3 is 5.11 Å². The largest absolute Gasteiger partial charge is 0.480 e. The van der Waals surface area contributed by atoms with Crippen molar-refractivity contribution >= 4 is 43.5 Å². The predicted octanol–water partition coefficient (Wildman–Crippen LogP) is 2.00. The number of carboxylic acids is 1. The fraction of sp³-hybridized carbons (Fsp3) is 0.300. The van der Waals surface area contributed by atoms with E-state index < -0.39 is 22.0 Å². The van der Waals surface area contributed by atoms with E-state index in [2.05, 4.69) is 20.7 Å². The van der Waals surface area contributed by atoms with Gasteiger partial charge in [-0.3, -0.25) is 4.79 Å². The first-order valence-electron chi connectivity index (χ1n) is 4.88. The first-order chi connectivity index (χ1) is 8.21. The fourth-order valence-electron chi connectivity index (χ4n) is 1.20. The Hall–Kier alpha value is -0.630. The summed E-state index contributed by atoms with van der Waals surface area (Å²) in [6, 6.07) is 3.54. The molecular weight excluding hydrogens is 346 g/mol. The number of benzene rings is 1. The van der Waals surface area contributed by atoms with Crippen LogP contribution in [-0.2, 0) is 20.6 Å². The van der Waals surface area contributed by atoms with Crippen molar-refractivity contribution in [2.45, 2.75) is 18.7 Å². The maximum absolute atomic E-state index is 11.7. The molecule has 2 N–H and O–H groups in total. The van der Waals surface area contributed by atoms with Gasteiger partial charge in [-0.2, -0.15) is 0 Å². The van der Waals surface area contributed by atoms with E-state index in [-0.39, 0.29) is 5.75 Å². The Bertz CT molecular complexity index is 561. The molecule has 0 radical (unpaired) electrons. The van der Waals surface area contributed by atoms with Gasteiger partial charge in [0.2, 0.25) is 10.0 Å². The van der Waals surface area contributed by atoms with Crippen LogP contribution in [0.25, 0.3) is 0 Å². The van der Waals surface area contributed by atoms with Crippen molar-refractivity contribution < 1.29 is 18.3 Å². The Morgan fingerprint density at radius 2 is 2.17 bits per heavy atom. The summed E-state index contributed by atoms with van der Waals surface area (Å²) in [7, 11) is -3.72. The molecule has 100 valence electrons. The predicted molar refractivity (Wildman–Crippen MR) is 72.0 cm³/mol. The highest BCUT2D eigenvalue weighted by atomic mass is 79.9. The smallest absolute Gasteiger partial charge is 0.321 e. The standard InChI is InChI=1S/C10H11BrClNO4S/c1-6(10(14)15)13-18(16,17)5-7-2-3-8(12)4-9(7)11/h2-4,6,13H,5H2,1H3,(H,14,15)/t6-/m0/s1. The Morgan fingerprint density at radius 3 is 2.67 bits per heavy atom. The van der Waals surface area contributed by atoms with Gasteiger partial charge in [0, 0.05) is 9.50 Å². The summed E-state index contributed by atoms with van der Waals surface area (Å²) in [5, 5.41) is 9.13. The van der Waals surface area contributed by atoms with Crippen LogP contribution in [-0.4, -0.2) is 25.5 Å². The van der Waals surface area contributed by atoms with Gasteiger partial charge in [0.15, 0.2) is 0 Å². The van der Waals surface area contributed by atoms with Crippen molar-refractivity contribution in [3.8, 4) is 0 Å². The molecule has 8 heteroatoms. The minimum Gasteiger partial charge on any atom is -0.480 e. The van der Waals surface area contributed by atoms with Crippen molar-refractivity contribution in [1.29, 1.82) is 0 Å². The molecule has 0 spiro atoms. The second-order valence-corrected chi connectivity index (χ2v) is 6.72. The number of hydrogen-bond donors (Lipinski definition) is 2. The van der Waals surface area contributed by atoms with Crippen LogP contribution in [0.1, 0.15) is 12.5 Å². The normalized spacial score (nSPS) is 13.3. The summed E-state index contributed by atoms with van der Waals surface area (Å²) in [4.78, 5) is 10.6. The SMILES string of the molecule is C[C@H](NS(=O)(=O)Cc1ccc(Cl)cc1Br)C(=O)O. The molecule has 0 aliphatic rings. The van der Waals surface area contributed by atoms with Gasteiger partial charge in [0.1, 0.15) is 6.04 Å². The van der Waals surface area contributed by atoms with Crippen LogP contribution in [0.2, 0.25) is 5.02 Å². The molecule has 0 heterocycles. The van der Waals surface area contributed by atoms with Crippen molar-refractivity contribution in [3.05, 3.63) is 33.3 Å². The van der Waals surface area contributed by atoms with Crippen LogP contribution >= 0.6 is 27.5 Å². The highest BCUT2D eigenvalue weighted by molar-refractivity contribution is 9.10. The highest BCUT2D eigenvalue weighted by Gasteiger charge is 2.20. The quantitative estimate of drug-likeness (QED) is 0.845. The van der Waals surface area contributed by atoms with Crippen LogP contribution in [0.15, 0.2) is 22.7 Å². The number of aliphatic carboxylic acids is 1. The van der Waals surface area contributed by atoms with E-state index in [1.54, 1.807) is 18.2 Å². The molecule has 18 heavy (non-hydrogen) atoms. The van der Waals surface area contributed by atoms with Gasteiger partial charge in [-0.15, -0.1) is 0 Å². The number of sulfonamides is 1. The first-order valence-corrected chi connectivity index (χ1v) is 7.70.